The summed E-state index contributed by atoms with van der Waals surface area (Å²) in [5.41, 5.74) is 0. The highest BCUT2D eigenvalue weighted by molar-refractivity contribution is 6.29. The first-order chi connectivity index (χ1) is 5.88. The van der Waals surface area contributed by atoms with Gasteiger partial charge in [-0.3, -0.25) is 4.68 Å². The Morgan fingerprint density at radius 3 is 2.83 bits per heavy atom. The number of rotatable bonds is 1. The zero-order valence-corrected chi connectivity index (χ0v) is 7.50. The molecule has 1 fully saturated rings. The lowest BCUT2D eigenvalue weighted by Gasteiger charge is -2.22. The molecule has 66 valence electrons. The molecule has 12 heavy (non-hydrogen) atoms. The molecule has 0 amide bonds. The molecule has 0 spiro atoms. The van der Waals surface area contributed by atoms with E-state index >= 15 is 0 Å². The first kappa shape index (κ1) is 8.08. The van der Waals surface area contributed by atoms with E-state index in [-0.39, 0.29) is 0 Å². The van der Waals surface area contributed by atoms with Crippen molar-refractivity contribution in [3.05, 3.63) is 17.4 Å². The van der Waals surface area contributed by atoms with Crippen LogP contribution in [0, 0.1) is 0 Å². The molecule has 1 aromatic heterocycles. The molecule has 0 aromatic carbocycles. The number of nitrogens with zero attached hydrogens (tertiary/aromatic N) is 2. The average Bonchev–Trinajstić information content (AvgIpc) is 2.53. The Labute approximate surface area is 76.3 Å². The second kappa shape index (κ2) is 3.46. The Kier molecular flexibility index (Phi) is 2.33. The van der Waals surface area contributed by atoms with Crippen molar-refractivity contribution >= 4 is 11.6 Å². The van der Waals surface area contributed by atoms with Crippen LogP contribution in [0.4, 0.5) is 0 Å². The highest BCUT2D eigenvalue weighted by Gasteiger charge is 2.17. The van der Waals surface area contributed by atoms with Gasteiger partial charge in [0, 0.05) is 13.2 Å². The Hall–Kier alpha value is -0.540. The SMILES string of the molecule is Clc1ccnn1C1CCOCC1. The molecule has 0 unspecified atom stereocenters. The van der Waals surface area contributed by atoms with Crippen LogP contribution in [0.3, 0.4) is 0 Å². The van der Waals surface area contributed by atoms with E-state index in [2.05, 4.69) is 5.10 Å². The topological polar surface area (TPSA) is 27.1 Å². The molecule has 0 radical (unpaired) electrons. The summed E-state index contributed by atoms with van der Waals surface area (Å²) < 4.78 is 7.13. The molecule has 0 aliphatic carbocycles. The monoisotopic (exact) mass is 186 g/mol. The summed E-state index contributed by atoms with van der Waals surface area (Å²) >= 11 is 5.93. The minimum absolute atomic E-state index is 0.432. The number of hydrogen-bond acceptors (Lipinski definition) is 2. The van der Waals surface area contributed by atoms with Crippen LogP contribution in [0.15, 0.2) is 12.3 Å². The molecule has 4 heteroatoms. The van der Waals surface area contributed by atoms with E-state index in [9.17, 15) is 0 Å². The molecule has 1 aliphatic heterocycles. The molecule has 1 aromatic rings. The molecule has 0 atom stereocenters. The van der Waals surface area contributed by atoms with Gasteiger partial charge < -0.3 is 4.74 Å². The zero-order valence-electron chi connectivity index (χ0n) is 6.74. The lowest BCUT2D eigenvalue weighted by molar-refractivity contribution is 0.0663. The van der Waals surface area contributed by atoms with Crippen LogP contribution in [-0.2, 0) is 4.74 Å². The summed E-state index contributed by atoms with van der Waals surface area (Å²) in [4.78, 5) is 0. The minimum atomic E-state index is 0.432. The maximum atomic E-state index is 5.93. The third-order valence-electron chi connectivity index (χ3n) is 2.16. The normalized spacial score (nSPS) is 19.8. The fourth-order valence-electron chi connectivity index (χ4n) is 1.50. The quantitative estimate of drug-likeness (QED) is 0.670. The largest absolute Gasteiger partial charge is 0.381 e. The Morgan fingerprint density at radius 1 is 1.50 bits per heavy atom. The molecule has 0 saturated carbocycles. The van der Waals surface area contributed by atoms with Crippen molar-refractivity contribution in [2.45, 2.75) is 18.9 Å². The van der Waals surface area contributed by atoms with E-state index < -0.39 is 0 Å². The van der Waals surface area contributed by atoms with E-state index in [1.54, 1.807) is 6.20 Å². The van der Waals surface area contributed by atoms with Crippen molar-refractivity contribution in [1.29, 1.82) is 0 Å². The van der Waals surface area contributed by atoms with Crippen molar-refractivity contribution < 1.29 is 4.74 Å². The van der Waals surface area contributed by atoms with Gasteiger partial charge in [0.15, 0.2) is 0 Å². The molecular weight excluding hydrogens is 176 g/mol. The molecule has 0 bridgehead atoms. The Balaban J connectivity index is 2.13. The van der Waals surface area contributed by atoms with Gasteiger partial charge in [-0.15, -0.1) is 0 Å². The number of halogens is 1. The highest BCUT2D eigenvalue weighted by atomic mass is 35.5. The molecule has 2 rings (SSSR count). The summed E-state index contributed by atoms with van der Waals surface area (Å²) in [6, 6.07) is 2.25. The van der Waals surface area contributed by atoms with Crippen molar-refractivity contribution in [2.24, 2.45) is 0 Å². The van der Waals surface area contributed by atoms with Gasteiger partial charge in [0.2, 0.25) is 0 Å². The van der Waals surface area contributed by atoms with E-state index in [1.807, 2.05) is 10.7 Å². The van der Waals surface area contributed by atoms with Crippen LogP contribution in [0.5, 0.6) is 0 Å². The summed E-state index contributed by atoms with van der Waals surface area (Å²) in [6.45, 7) is 1.64. The third-order valence-corrected chi connectivity index (χ3v) is 2.46. The van der Waals surface area contributed by atoms with Crippen LogP contribution >= 0.6 is 11.6 Å². The predicted octanol–water partition coefficient (Wildman–Crippen LogP) is 1.89. The average molecular weight is 187 g/mol. The molecular formula is C8H11ClN2O. The van der Waals surface area contributed by atoms with Gasteiger partial charge in [0.05, 0.1) is 12.2 Å². The standard InChI is InChI=1S/C8H11ClN2O/c9-8-1-4-10-11(8)7-2-5-12-6-3-7/h1,4,7H,2-3,5-6H2. The molecule has 3 nitrogen and oxygen atoms in total. The number of hydrogen-bond donors (Lipinski definition) is 0. The minimum Gasteiger partial charge on any atom is -0.381 e. The van der Waals surface area contributed by atoms with Crippen LogP contribution < -0.4 is 0 Å². The summed E-state index contributed by atoms with van der Waals surface area (Å²) in [7, 11) is 0. The maximum Gasteiger partial charge on any atom is 0.127 e. The van der Waals surface area contributed by atoms with E-state index in [1.165, 1.54) is 0 Å². The Bertz CT molecular complexity index is 255. The maximum absolute atomic E-state index is 5.93. The first-order valence-electron chi connectivity index (χ1n) is 4.14. The van der Waals surface area contributed by atoms with Gasteiger partial charge >= 0.3 is 0 Å². The summed E-state index contributed by atoms with van der Waals surface area (Å²) in [5, 5.41) is 4.89. The van der Waals surface area contributed by atoms with Gasteiger partial charge in [-0.2, -0.15) is 5.10 Å². The summed E-state index contributed by atoms with van der Waals surface area (Å²) in [6.07, 6.45) is 3.76. The first-order valence-corrected chi connectivity index (χ1v) is 4.52. The van der Waals surface area contributed by atoms with Crippen LogP contribution in [0.1, 0.15) is 18.9 Å². The fourth-order valence-corrected chi connectivity index (χ4v) is 1.73. The lowest BCUT2D eigenvalue weighted by Crippen LogP contribution is -2.20. The van der Waals surface area contributed by atoms with E-state index in [0.29, 0.717) is 6.04 Å². The smallest absolute Gasteiger partial charge is 0.127 e. The van der Waals surface area contributed by atoms with Crippen LogP contribution in [0.25, 0.3) is 0 Å². The number of aromatic nitrogens is 2. The van der Waals surface area contributed by atoms with Crippen LogP contribution in [0.2, 0.25) is 5.15 Å². The van der Waals surface area contributed by atoms with Crippen molar-refractivity contribution in [1.82, 2.24) is 9.78 Å². The predicted molar refractivity (Wildman–Crippen MR) is 46.3 cm³/mol. The Morgan fingerprint density at radius 2 is 2.25 bits per heavy atom. The second-order valence-electron chi connectivity index (χ2n) is 2.94. The van der Waals surface area contributed by atoms with Gasteiger partial charge in [-0.1, -0.05) is 11.6 Å². The van der Waals surface area contributed by atoms with Gasteiger partial charge in [0.25, 0.3) is 0 Å². The zero-order chi connectivity index (χ0) is 8.39. The fraction of sp³-hybridized carbons (Fsp3) is 0.625. The summed E-state index contributed by atoms with van der Waals surface area (Å²) in [5.74, 6) is 0. The third kappa shape index (κ3) is 1.47. The van der Waals surface area contributed by atoms with Crippen molar-refractivity contribution in [3.8, 4) is 0 Å². The van der Waals surface area contributed by atoms with E-state index in [0.717, 1.165) is 31.2 Å². The number of ether oxygens (including phenoxy) is 1. The van der Waals surface area contributed by atoms with Gasteiger partial charge in [-0.05, 0) is 18.9 Å². The molecule has 1 saturated heterocycles. The van der Waals surface area contributed by atoms with Crippen LogP contribution in [-0.4, -0.2) is 23.0 Å². The second-order valence-corrected chi connectivity index (χ2v) is 3.33. The highest BCUT2D eigenvalue weighted by Crippen LogP contribution is 2.23. The van der Waals surface area contributed by atoms with Gasteiger partial charge in [-0.25, -0.2) is 0 Å². The molecule has 0 N–H and O–H groups in total. The lowest BCUT2D eigenvalue weighted by atomic mass is 10.1. The molecule has 1 aliphatic rings. The van der Waals surface area contributed by atoms with Gasteiger partial charge in [0.1, 0.15) is 5.15 Å². The van der Waals surface area contributed by atoms with Crippen molar-refractivity contribution in [3.63, 3.8) is 0 Å². The molecule has 2 heterocycles. The van der Waals surface area contributed by atoms with Crippen molar-refractivity contribution in [2.75, 3.05) is 13.2 Å². The van der Waals surface area contributed by atoms with E-state index in [4.69, 9.17) is 16.3 Å².